The largest absolute Gasteiger partial charge is 2.00 e. The molecule has 0 aliphatic heterocycles. The molecule has 2 N–H and O–H groups in total. The molecule has 0 saturated carbocycles. The Bertz CT molecular complexity index is 519. The molecule has 0 fully saturated rings. The molecule has 104 valence electrons. The summed E-state index contributed by atoms with van der Waals surface area (Å²) in [6.07, 6.45) is 0. The third kappa shape index (κ3) is 5.92. The van der Waals surface area contributed by atoms with Crippen LogP contribution in [0.2, 0.25) is 0 Å². The number of aromatic carboxylic acids is 2. The number of carboxylic acids is 2. The van der Waals surface area contributed by atoms with Gasteiger partial charge >= 0.3 is 23.1 Å². The molecule has 20 heavy (non-hydrogen) atoms. The van der Waals surface area contributed by atoms with Gasteiger partial charge in [0.1, 0.15) is 0 Å². The van der Waals surface area contributed by atoms with Crippen LogP contribution in [0.25, 0.3) is 0 Å². The topological polar surface area (TPSA) is 138 Å². The molecule has 0 spiro atoms. The first kappa shape index (κ1) is 21.2. The number of carbonyl (C=O) groups is 2. The Kier molecular flexibility index (Phi) is 10.4. The number of rotatable bonds is 2. The summed E-state index contributed by atoms with van der Waals surface area (Å²) in [5, 5.41) is 23.2. The SMILES string of the molecule is Cc1nscc1C(=O)[O-].Cc1nscc1C(=O)[O-].O.[Mg+2]. The summed E-state index contributed by atoms with van der Waals surface area (Å²) in [5.41, 5.74) is 1.44. The third-order valence-electron chi connectivity index (χ3n) is 1.94. The molecule has 2 heterocycles. The van der Waals surface area contributed by atoms with Crippen LogP contribution in [0.15, 0.2) is 10.8 Å². The molecule has 0 aromatic carbocycles. The van der Waals surface area contributed by atoms with Gasteiger partial charge in [0.2, 0.25) is 0 Å². The Hall–Kier alpha value is -1.07. The molecule has 0 saturated heterocycles. The Morgan fingerprint density at radius 2 is 1.25 bits per heavy atom. The summed E-state index contributed by atoms with van der Waals surface area (Å²) < 4.78 is 7.52. The van der Waals surface area contributed by atoms with E-state index in [0.29, 0.717) is 11.4 Å². The van der Waals surface area contributed by atoms with Crippen LogP contribution in [0.1, 0.15) is 32.1 Å². The quantitative estimate of drug-likeness (QED) is 0.611. The molecule has 0 radical (unpaired) electrons. The Labute approximate surface area is 139 Å². The molecule has 2 aromatic heterocycles. The monoisotopic (exact) mass is 326 g/mol. The summed E-state index contributed by atoms with van der Waals surface area (Å²) >= 11 is 2.25. The van der Waals surface area contributed by atoms with Crippen molar-refractivity contribution >= 4 is 58.1 Å². The standard InChI is InChI=1S/2C5H5NO2S.Mg.H2O/c2*1-3-4(5(7)8)2-9-6-3;;/h2*2H,1H3,(H,7,8);;1H2/q;;+2;/p-2. The maximum Gasteiger partial charge on any atom is 2.00 e. The van der Waals surface area contributed by atoms with Gasteiger partial charge in [0.25, 0.3) is 0 Å². The van der Waals surface area contributed by atoms with Crippen molar-refractivity contribution in [3.05, 3.63) is 33.3 Å². The van der Waals surface area contributed by atoms with Crippen molar-refractivity contribution in [2.45, 2.75) is 13.8 Å². The number of nitrogens with zero attached hydrogens (tertiary/aromatic N) is 2. The molecule has 0 aliphatic rings. The van der Waals surface area contributed by atoms with Crippen LogP contribution in [0.4, 0.5) is 0 Å². The van der Waals surface area contributed by atoms with Crippen molar-refractivity contribution in [2.75, 3.05) is 0 Å². The van der Waals surface area contributed by atoms with E-state index in [-0.39, 0.29) is 39.7 Å². The second-order valence-corrected chi connectivity index (χ2v) is 4.46. The molecule has 0 bridgehead atoms. The smallest absolute Gasteiger partial charge is 0.545 e. The fourth-order valence-corrected chi connectivity index (χ4v) is 2.34. The van der Waals surface area contributed by atoms with Crippen LogP contribution in [-0.2, 0) is 0 Å². The molecule has 0 amide bonds. The van der Waals surface area contributed by atoms with E-state index in [0.717, 1.165) is 23.1 Å². The minimum atomic E-state index is -1.15. The van der Waals surface area contributed by atoms with Crippen LogP contribution >= 0.6 is 23.1 Å². The average Bonchev–Trinajstić information content (AvgIpc) is 2.87. The van der Waals surface area contributed by atoms with Crippen molar-refractivity contribution in [2.24, 2.45) is 0 Å². The van der Waals surface area contributed by atoms with Gasteiger partial charge < -0.3 is 25.3 Å². The number of hydrogen-bond acceptors (Lipinski definition) is 8. The van der Waals surface area contributed by atoms with Crippen LogP contribution in [0, 0.1) is 13.8 Å². The third-order valence-corrected chi connectivity index (χ3v) is 3.38. The van der Waals surface area contributed by atoms with Gasteiger partial charge in [0.15, 0.2) is 0 Å². The van der Waals surface area contributed by atoms with Gasteiger partial charge in [-0.3, -0.25) is 0 Å². The second kappa shape index (κ2) is 9.77. The van der Waals surface area contributed by atoms with E-state index in [1.165, 1.54) is 10.8 Å². The van der Waals surface area contributed by atoms with E-state index in [1.807, 2.05) is 0 Å². The van der Waals surface area contributed by atoms with Crippen molar-refractivity contribution in [3.63, 3.8) is 0 Å². The van der Waals surface area contributed by atoms with Crippen molar-refractivity contribution in [1.29, 1.82) is 0 Å². The summed E-state index contributed by atoms with van der Waals surface area (Å²) in [7, 11) is 0. The summed E-state index contributed by atoms with van der Waals surface area (Å²) in [6.45, 7) is 3.28. The number of carboxylic acid groups (broad SMARTS) is 2. The van der Waals surface area contributed by atoms with Crippen molar-refractivity contribution in [1.82, 2.24) is 8.75 Å². The van der Waals surface area contributed by atoms with Crippen LogP contribution in [-0.4, -0.2) is 49.2 Å². The maximum atomic E-state index is 10.1. The summed E-state index contributed by atoms with van der Waals surface area (Å²) in [5.74, 6) is -2.30. The first-order valence-electron chi connectivity index (χ1n) is 4.68. The van der Waals surface area contributed by atoms with E-state index in [9.17, 15) is 19.8 Å². The summed E-state index contributed by atoms with van der Waals surface area (Å²) in [6, 6.07) is 0. The number of carbonyl (C=O) groups excluding carboxylic acids is 2. The second-order valence-electron chi connectivity index (χ2n) is 3.20. The molecular formula is C10H10MgN2O5S2. The van der Waals surface area contributed by atoms with Crippen LogP contribution in [0.3, 0.4) is 0 Å². The fraction of sp³-hybridized carbons (Fsp3) is 0.200. The molecule has 0 unspecified atom stereocenters. The first-order chi connectivity index (χ1) is 8.43. The van der Waals surface area contributed by atoms with Gasteiger partial charge in [-0.25, -0.2) is 0 Å². The Morgan fingerprint density at radius 1 is 0.950 bits per heavy atom. The number of hydrogen-bond donors (Lipinski definition) is 0. The van der Waals surface area contributed by atoms with Gasteiger partial charge in [-0.05, 0) is 36.9 Å². The zero-order valence-corrected chi connectivity index (χ0v) is 13.8. The van der Waals surface area contributed by atoms with E-state index in [1.54, 1.807) is 13.8 Å². The van der Waals surface area contributed by atoms with Gasteiger partial charge in [-0.2, -0.15) is 8.75 Å². The normalized spacial score (nSPS) is 8.50. The molecule has 2 rings (SSSR count). The Balaban J connectivity index is 0. The number of aryl methyl sites for hydroxylation is 2. The molecule has 10 heteroatoms. The van der Waals surface area contributed by atoms with E-state index < -0.39 is 11.9 Å². The average molecular weight is 327 g/mol. The molecule has 0 aliphatic carbocycles. The van der Waals surface area contributed by atoms with Crippen molar-refractivity contribution < 1.29 is 25.3 Å². The van der Waals surface area contributed by atoms with E-state index in [4.69, 9.17) is 0 Å². The van der Waals surface area contributed by atoms with Gasteiger partial charge in [-0.15, -0.1) is 0 Å². The van der Waals surface area contributed by atoms with Crippen LogP contribution < -0.4 is 10.2 Å². The predicted molar refractivity (Wildman–Crippen MR) is 71.7 cm³/mol. The summed E-state index contributed by atoms with van der Waals surface area (Å²) in [4.78, 5) is 20.3. The molecule has 2 aromatic rings. The first-order valence-corrected chi connectivity index (χ1v) is 6.35. The zero-order valence-electron chi connectivity index (χ0n) is 10.7. The minimum absolute atomic E-state index is 0. The predicted octanol–water partition coefficient (Wildman–Crippen LogP) is -1.58. The zero-order chi connectivity index (χ0) is 13.7. The van der Waals surface area contributed by atoms with Gasteiger partial charge in [0.05, 0.1) is 23.3 Å². The number of aromatic nitrogens is 2. The van der Waals surface area contributed by atoms with E-state index in [2.05, 4.69) is 8.75 Å². The Morgan fingerprint density at radius 3 is 1.35 bits per heavy atom. The maximum absolute atomic E-state index is 10.1. The molecule has 7 nitrogen and oxygen atoms in total. The fourth-order valence-electron chi connectivity index (χ4n) is 0.977. The van der Waals surface area contributed by atoms with E-state index >= 15 is 0 Å². The van der Waals surface area contributed by atoms with Crippen molar-refractivity contribution in [3.8, 4) is 0 Å². The van der Waals surface area contributed by atoms with Gasteiger partial charge in [0, 0.05) is 21.9 Å². The molecule has 0 atom stereocenters. The molecular weight excluding hydrogens is 317 g/mol. The minimum Gasteiger partial charge on any atom is -0.545 e. The van der Waals surface area contributed by atoms with Crippen LogP contribution in [0.5, 0.6) is 0 Å². The van der Waals surface area contributed by atoms with Gasteiger partial charge in [-0.1, -0.05) is 0 Å².